The number of carbonyl (C=O) groups excluding carboxylic acids is 3. The van der Waals surface area contributed by atoms with Crippen molar-refractivity contribution in [3.8, 4) is 0 Å². The minimum Gasteiger partial charge on any atom is -0.444 e. The van der Waals surface area contributed by atoms with E-state index in [9.17, 15) is 14.4 Å². The lowest BCUT2D eigenvalue weighted by Crippen LogP contribution is -2.45. The van der Waals surface area contributed by atoms with Crippen molar-refractivity contribution in [3.05, 3.63) is 126 Å². The Morgan fingerprint density at radius 3 is 2.25 bits per heavy atom. The van der Waals surface area contributed by atoms with E-state index in [4.69, 9.17) is 4.74 Å². The molecule has 8 nitrogen and oxygen atoms in total. The van der Waals surface area contributed by atoms with E-state index in [0.29, 0.717) is 11.4 Å². The van der Waals surface area contributed by atoms with Crippen LogP contribution >= 0.6 is 11.8 Å². The number of pyridine rings is 1. The monoisotopic (exact) mass is 552 g/mol. The van der Waals surface area contributed by atoms with Gasteiger partial charge in [0.05, 0.1) is 6.42 Å². The van der Waals surface area contributed by atoms with Crippen LogP contribution in [0.4, 0.5) is 16.2 Å². The molecule has 3 aromatic carbocycles. The first-order valence-electron chi connectivity index (χ1n) is 12.8. The third-order valence-corrected chi connectivity index (χ3v) is 7.65. The molecule has 1 aliphatic heterocycles. The molecule has 1 aromatic heterocycles. The summed E-state index contributed by atoms with van der Waals surface area (Å²) in [6, 6.07) is 28.7. The van der Waals surface area contributed by atoms with Gasteiger partial charge in [0.2, 0.25) is 11.8 Å². The zero-order valence-electron chi connectivity index (χ0n) is 21.6. The highest BCUT2D eigenvalue weighted by Crippen LogP contribution is 2.42. The Morgan fingerprint density at radius 2 is 1.50 bits per heavy atom. The molecule has 0 spiro atoms. The van der Waals surface area contributed by atoms with Gasteiger partial charge in [-0.05, 0) is 53.1 Å². The molecule has 5 rings (SSSR count). The number of aromatic nitrogens is 1. The third-order valence-electron chi connectivity index (χ3n) is 6.33. The molecule has 1 aliphatic rings. The van der Waals surface area contributed by atoms with Gasteiger partial charge in [0.25, 0.3) is 0 Å². The fourth-order valence-corrected chi connectivity index (χ4v) is 5.83. The highest BCUT2D eigenvalue weighted by atomic mass is 32.2. The minimum absolute atomic E-state index is 0.103. The number of thioether (sulfide) groups is 1. The van der Waals surface area contributed by atoms with Crippen molar-refractivity contribution in [2.24, 2.45) is 0 Å². The Hall–Kier alpha value is -4.63. The first kappa shape index (κ1) is 27.0. The highest BCUT2D eigenvalue weighted by Gasteiger charge is 2.43. The molecule has 40 heavy (non-hydrogen) atoms. The van der Waals surface area contributed by atoms with Gasteiger partial charge in [-0.1, -0.05) is 60.7 Å². The molecule has 0 saturated carbocycles. The molecule has 0 radical (unpaired) electrons. The van der Waals surface area contributed by atoms with Gasteiger partial charge in [-0.2, -0.15) is 0 Å². The number of ether oxygens (including phenoxy) is 1. The van der Waals surface area contributed by atoms with Crippen LogP contribution in [-0.2, 0) is 27.4 Å². The van der Waals surface area contributed by atoms with Crippen LogP contribution in [0.1, 0.15) is 22.1 Å². The van der Waals surface area contributed by atoms with Crippen molar-refractivity contribution in [2.45, 2.75) is 24.4 Å². The second kappa shape index (κ2) is 12.9. The molecular formula is C31H28N4O4S. The summed E-state index contributed by atoms with van der Waals surface area (Å²) in [6.45, 7) is 0.103. The van der Waals surface area contributed by atoms with Gasteiger partial charge in [-0.25, -0.2) is 4.79 Å². The summed E-state index contributed by atoms with van der Waals surface area (Å²) in [5.41, 5.74) is 3.74. The first-order valence-corrected chi connectivity index (χ1v) is 13.9. The molecule has 2 N–H and O–H groups in total. The molecule has 0 aliphatic carbocycles. The largest absolute Gasteiger partial charge is 0.444 e. The minimum atomic E-state index is -0.753. The molecule has 9 heteroatoms. The Balaban J connectivity index is 1.28. The molecule has 3 amide bonds. The predicted octanol–water partition coefficient (Wildman–Crippen LogP) is 5.65. The zero-order valence-corrected chi connectivity index (χ0v) is 22.4. The van der Waals surface area contributed by atoms with Crippen LogP contribution in [-0.4, -0.2) is 39.6 Å². The summed E-state index contributed by atoms with van der Waals surface area (Å²) in [5.74, 6) is -0.0840. The van der Waals surface area contributed by atoms with E-state index in [1.54, 1.807) is 30.6 Å². The molecule has 1 fully saturated rings. The van der Waals surface area contributed by atoms with E-state index in [1.165, 1.54) is 16.7 Å². The standard InChI is InChI=1S/C31H28N4O4S/c36-28(33-25-11-5-2-6-12-25)19-23-10-7-13-26(18-23)34-29(37)27-21-40-30(24-14-16-32-17-15-24)35(27)31(38)39-20-22-8-3-1-4-9-22/h1-18,27,30H,19-21H2,(H,33,36)(H,34,37). The number of para-hydroxylation sites is 1. The second-order valence-electron chi connectivity index (χ2n) is 9.21. The van der Waals surface area contributed by atoms with Crippen molar-refractivity contribution in [3.63, 3.8) is 0 Å². The topological polar surface area (TPSA) is 101 Å². The quantitative estimate of drug-likeness (QED) is 0.293. The van der Waals surface area contributed by atoms with Crippen molar-refractivity contribution in [1.29, 1.82) is 0 Å². The maximum atomic E-state index is 13.5. The lowest BCUT2D eigenvalue weighted by atomic mass is 10.1. The SMILES string of the molecule is O=C(Cc1cccc(NC(=O)C2CSC(c3ccncc3)N2C(=O)OCc2ccccc2)c1)Nc1ccccc1. The summed E-state index contributed by atoms with van der Waals surface area (Å²) in [7, 11) is 0. The highest BCUT2D eigenvalue weighted by molar-refractivity contribution is 7.99. The van der Waals surface area contributed by atoms with Gasteiger partial charge in [-0.15, -0.1) is 11.8 Å². The van der Waals surface area contributed by atoms with Gasteiger partial charge in [-0.3, -0.25) is 19.5 Å². The zero-order chi connectivity index (χ0) is 27.7. The van der Waals surface area contributed by atoms with Crippen molar-refractivity contribution >= 4 is 41.0 Å². The van der Waals surface area contributed by atoms with Crippen LogP contribution in [0.5, 0.6) is 0 Å². The number of benzene rings is 3. The normalized spacial score (nSPS) is 16.2. The summed E-state index contributed by atoms with van der Waals surface area (Å²) >= 11 is 1.50. The van der Waals surface area contributed by atoms with E-state index >= 15 is 0 Å². The fourth-order valence-electron chi connectivity index (χ4n) is 4.41. The second-order valence-corrected chi connectivity index (χ2v) is 10.3. The molecule has 2 atom stereocenters. The van der Waals surface area contributed by atoms with E-state index in [-0.39, 0.29) is 24.8 Å². The smallest absolute Gasteiger partial charge is 0.412 e. The average Bonchev–Trinajstić information content (AvgIpc) is 3.43. The van der Waals surface area contributed by atoms with Crippen LogP contribution in [0.25, 0.3) is 0 Å². The molecule has 1 saturated heterocycles. The number of anilines is 2. The number of nitrogens with one attached hydrogen (secondary N) is 2. The summed E-state index contributed by atoms with van der Waals surface area (Å²) in [5, 5.41) is 5.40. The average molecular weight is 553 g/mol. The lowest BCUT2D eigenvalue weighted by Gasteiger charge is -2.28. The molecular weight excluding hydrogens is 524 g/mol. The van der Waals surface area contributed by atoms with Crippen LogP contribution in [0.3, 0.4) is 0 Å². The predicted molar refractivity (Wildman–Crippen MR) is 156 cm³/mol. The van der Waals surface area contributed by atoms with Gasteiger partial charge < -0.3 is 15.4 Å². The van der Waals surface area contributed by atoms with Crippen molar-refractivity contribution in [2.75, 3.05) is 16.4 Å². The van der Waals surface area contributed by atoms with E-state index < -0.39 is 17.5 Å². The van der Waals surface area contributed by atoms with E-state index in [1.807, 2.05) is 78.9 Å². The van der Waals surface area contributed by atoms with Crippen LogP contribution in [0.2, 0.25) is 0 Å². The van der Waals surface area contributed by atoms with Crippen molar-refractivity contribution < 1.29 is 19.1 Å². The molecule has 202 valence electrons. The van der Waals surface area contributed by atoms with E-state index in [0.717, 1.165) is 22.4 Å². The number of hydrogen-bond acceptors (Lipinski definition) is 6. The van der Waals surface area contributed by atoms with Gasteiger partial charge in [0, 0.05) is 29.5 Å². The molecule has 4 aromatic rings. The van der Waals surface area contributed by atoms with Gasteiger partial charge in [0.1, 0.15) is 18.0 Å². The Morgan fingerprint density at radius 1 is 0.825 bits per heavy atom. The maximum absolute atomic E-state index is 13.5. The van der Waals surface area contributed by atoms with Crippen LogP contribution in [0, 0.1) is 0 Å². The summed E-state index contributed by atoms with van der Waals surface area (Å²) in [4.78, 5) is 44.9. The maximum Gasteiger partial charge on any atom is 0.412 e. The van der Waals surface area contributed by atoms with Gasteiger partial charge in [0.15, 0.2) is 0 Å². The third kappa shape index (κ3) is 6.86. The summed E-state index contributed by atoms with van der Waals surface area (Å²) in [6.07, 6.45) is 2.91. The lowest BCUT2D eigenvalue weighted by molar-refractivity contribution is -0.120. The first-order chi connectivity index (χ1) is 19.6. The molecule has 2 unspecified atom stereocenters. The van der Waals surface area contributed by atoms with Crippen LogP contribution < -0.4 is 10.6 Å². The Kier molecular flexibility index (Phi) is 8.73. The number of amides is 3. The number of rotatable bonds is 8. The Labute approximate surface area is 236 Å². The number of carbonyl (C=O) groups is 3. The van der Waals surface area contributed by atoms with E-state index in [2.05, 4.69) is 15.6 Å². The van der Waals surface area contributed by atoms with Crippen molar-refractivity contribution in [1.82, 2.24) is 9.88 Å². The molecule has 2 heterocycles. The molecule has 0 bridgehead atoms. The Bertz CT molecular complexity index is 1450. The van der Waals surface area contributed by atoms with Gasteiger partial charge >= 0.3 is 6.09 Å². The van der Waals surface area contributed by atoms with Crippen LogP contribution in [0.15, 0.2) is 109 Å². The summed E-state index contributed by atoms with van der Waals surface area (Å²) < 4.78 is 5.64. The number of hydrogen-bond donors (Lipinski definition) is 2. The number of nitrogens with zero attached hydrogens (tertiary/aromatic N) is 2. The fraction of sp³-hybridized carbons (Fsp3) is 0.161.